The van der Waals surface area contributed by atoms with E-state index in [9.17, 15) is 78.8 Å². The first-order valence-electron chi connectivity index (χ1n) is 45.0. The van der Waals surface area contributed by atoms with E-state index in [1.54, 1.807) is 99.7 Å². The Labute approximate surface area is 836 Å². The summed E-state index contributed by atoms with van der Waals surface area (Å²) in [7, 11) is 5.66. The van der Waals surface area contributed by atoms with E-state index in [0.29, 0.717) is 107 Å². The third kappa shape index (κ3) is 32.8. The molecule has 0 aliphatic rings. The molecule has 0 aliphatic carbocycles. The molecule has 8 N–H and O–H groups in total. The Morgan fingerprint density at radius 3 is 0.958 bits per heavy atom. The number of carbonyl (C=O) groups excluding carboxylic acids is 7. The SMILES string of the molecule is CCC(=O)c1cc(N)ccc1C.CCC(=O)c1cc(Nc2nccc(N(C)c3ccc(CC(=O)Oc4ccccc4)cc3)n2)ccc1C.CCC(=O)c1cc(Nc2nccc(N(C)c3ccc(N)cc3)n2)ccc1C.CCC(=O)c1cc(Nc2nccc(N(C)c3ccc([N+](=O)[O-])cc3)n2)ccc1C.CCC(=O)c1cc([N+](=O)[O-])ccc1C.Cc1ccc([N+](=O)[O-])cc1C(=O)Cl.Cc1ccc([N+](=O)[O-])cc1C(=O)O. The topological polar surface area (TPSA) is 514 Å². The van der Waals surface area contributed by atoms with E-state index in [1.807, 2.05) is 226 Å². The van der Waals surface area contributed by atoms with Gasteiger partial charge in [0.05, 0.1) is 31.7 Å². The summed E-state index contributed by atoms with van der Waals surface area (Å²) in [5.74, 6) is 2.80. The molecule has 0 aliphatic heterocycles. The van der Waals surface area contributed by atoms with Crippen molar-refractivity contribution in [2.75, 3.05) is 63.3 Å². The average Bonchev–Trinajstić information content (AvgIpc) is 0.824. The number of para-hydroxylation sites is 1. The third-order valence-corrected chi connectivity index (χ3v) is 22.1. The van der Waals surface area contributed by atoms with Gasteiger partial charge in [-0.25, -0.2) is 19.7 Å². The molecule has 14 aromatic rings. The van der Waals surface area contributed by atoms with Gasteiger partial charge in [0.1, 0.15) is 23.2 Å². The van der Waals surface area contributed by atoms with Gasteiger partial charge in [0, 0.05) is 199 Å². The highest BCUT2D eigenvalue weighted by Crippen LogP contribution is 2.32. The lowest BCUT2D eigenvalue weighted by atomic mass is 10.0. The molecular formula is C107H109ClN18O18. The number of nitrogen functional groups attached to an aromatic ring is 2. The number of nitrogens with one attached hydrogen (secondary N) is 3. The number of aromatic nitrogens is 6. The zero-order valence-electron chi connectivity index (χ0n) is 81.9. The van der Waals surface area contributed by atoms with Crippen LogP contribution in [0.5, 0.6) is 5.75 Å². The van der Waals surface area contributed by atoms with Crippen molar-refractivity contribution >= 4 is 161 Å². The molecule has 3 aromatic heterocycles. The highest BCUT2D eigenvalue weighted by molar-refractivity contribution is 6.68. The van der Waals surface area contributed by atoms with Crippen molar-refractivity contribution in [1.29, 1.82) is 0 Å². The fourth-order valence-corrected chi connectivity index (χ4v) is 13.7. The van der Waals surface area contributed by atoms with Gasteiger partial charge < -0.3 is 52.0 Å². The lowest BCUT2D eigenvalue weighted by molar-refractivity contribution is -0.385. The number of aromatic carboxylic acids is 1. The average molecular weight is 1970 g/mol. The summed E-state index contributed by atoms with van der Waals surface area (Å²) in [4.78, 5) is 165. The van der Waals surface area contributed by atoms with Crippen molar-refractivity contribution in [3.05, 3.63) is 391 Å². The highest BCUT2D eigenvalue weighted by atomic mass is 35.5. The van der Waals surface area contributed by atoms with Crippen molar-refractivity contribution in [2.24, 2.45) is 0 Å². The maximum absolute atomic E-state index is 12.2. The summed E-state index contributed by atoms with van der Waals surface area (Å²) in [6.45, 7) is 21.9. The minimum absolute atomic E-state index is 0.0315. The minimum Gasteiger partial charge on any atom is -0.478 e. The standard InChI is InChI=1S/C29H28N4O3.C21H21N5O3.C21H23N5O.C10H11NO3.C10H13NO.C8H6ClNO3.C8H7NO4/c1-4-26(34)25-19-22(13-10-20(25)2)31-29-30-17-16-27(32-29)33(3)23-14-11-21(12-15-23)18-28(35)36-24-8-6-5-7-9-24;1-4-19(27)18-13-15(6-5-14(18)2)23-21-22-12-11-20(24-21)25(3)16-7-9-17(10-8-16)26(28)29;1-4-19(27)18-13-16(8-5-14(18)2)24-21-23-12-11-20(25-21)26(3)17-9-6-15(22)7-10-17;1-3-10(12)9-6-8(11(13)14)5-4-7(9)2;1-3-10(12)9-6-8(11)5-4-7(9)2;1-5-2-3-6(10(12)13)4-7(5)8(9)11;1-5-2-3-6(9(12)13)4-7(5)8(10)11/h5-17,19H,4,18H2,1-3H3,(H,30,31,32);5-13H,4H2,1-3H3,(H,22,23,24);5-13H,4,22H2,1-3H3,(H,23,24,25);4-6H,3H2,1-2H3;4-6H,3,11H2,1-2H3;2-4H,1H3;2-4H,1H3,(H,10,11). The second-order valence-electron chi connectivity index (χ2n) is 32.2. The predicted molar refractivity (Wildman–Crippen MR) is 559 cm³/mol. The van der Waals surface area contributed by atoms with Gasteiger partial charge in [-0.2, -0.15) is 15.0 Å². The maximum Gasteiger partial charge on any atom is 0.336 e. The van der Waals surface area contributed by atoms with Gasteiger partial charge in [-0.1, -0.05) is 107 Å². The Hall–Kier alpha value is -18.1. The molecule has 0 saturated carbocycles. The Bertz CT molecular complexity index is 6930. The summed E-state index contributed by atoms with van der Waals surface area (Å²) in [5, 5.41) is 59.4. The summed E-state index contributed by atoms with van der Waals surface area (Å²) in [6, 6.07) is 70.3. The van der Waals surface area contributed by atoms with Crippen LogP contribution in [0.2, 0.25) is 0 Å². The number of Topliss-reactive ketones (excluding diaryl/α,β-unsaturated/α-hetero) is 5. The van der Waals surface area contributed by atoms with E-state index in [4.69, 9.17) is 32.9 Å². The number of carboxylic acid groups (broad SMARTS) is 1. The van der Waals surface area contributed by atoms with Crippen molar-refractivity contribution in [2.45, 2.75) is 122 Å². The zero-order valence-corrected chi connectivity index (χ0v) is 82.6. The molecular weight excluding hydrogens is 1860 g/mol. The van der Waals surface area contributed by atoms with E-state index in [1.165, 1.54) is 54.6 Å². The molecule has 0 amide bonds. The van der Waals surface area contributed by atoms with Crippen LogP contribution in [0.25, 0.3) is 0 Å². The van der Waals surface area contributed by atoms with Crippen molar-refractivity contribution in [3.63, 3.8) is 0 Å². The first kappa shape index (κ1) is 111. The number of nitrogens with zero attached hydrogens (tertiary/aromatic N) is 13. The van der Waals surface area contributed by atoms with E-state index in [2.05, 4.69) is 45.9 Å². The van der Waals surface area contributed by atoms with Crippen LogP contribution in [0, 0.1) is 88.9 Å². The number of nitro groups is 4. The molecule has 0 saturated heterocycles. The number of carboxylic acids is 1. The number of carbonyl (C=O) groups is 8. The van der Waals surface area contributed by atoms with Crippen LogP contribution in [0.15, 0.2) is 267 Å². The molecule has 0 fully saturated rings. The number of nitro benzene ring substituents is 4. The molecule has 3 heterocycles. The number of esters is 1. The number of anilines is 14. The number of rotatable bonds is 31. The summed E-state index contributed by atoms with van der Waals surface area (Å²) < 4.78 is 5.37. The van der Waals surface area contributed by atoms with Gasteiger partial charge in [-0.3, -0.25) is 74.0 Å². The molecule has 36 nitrogen and oxygen atoms in total. The molecule has 37 heteroatoms. The monoisotopic (exact) mass is 1970 g/mol. The fraction of sp³-hybridized carbons (Fsp3) is 0.196. The van der Waals surface area contributed by atoms with Gasteiger partial charge in [0.2, 0.25) is 17.8 Å². The predicted octanol–water partition coefficient (Wildman–Crippen LogP) is 23.9. The number of benzene rings is 11. The number of ether oxygens (including phenoxy) is 1. The first-order valence-corrected chi connectivity index (χ1v) is 45.4. The number of hydrogen-bond acceptors (Lipinski definition) is 31. The van der Waals surface area contributed by atoms with Crippen LogP contribution in [0.4, 0.5) is 104 Å². The summed E-state index contributed by atoms with van der Waals surface area (Å²) >= 11 is 5.22. The van der Waals surface area contributed by atoms with Gasteiger partial charge >= 0.3 is 11.9 Å². The number of halogens is 1. The van der Waals surface area contributed by atoms with Crippen LogP contribution < -0.4 is 46.9 Å². The molecule has 0 spiro atoms. The van der Waals surface area contributed by atoms with Crippen LogP contribution in [-0.4, -0.2) is 122 Å². The molecule has 11 aromatic carbocycles. The number of aryl methyl sites for hydroxylation is 7. The number of non-ortho nitro benzene ring substituents is 4. The highest BCUT2D eigenvalue weighted by Gasteiger charge is 2.21. The Balaban J connectivity index is 0.000000214. The van der Waals surface area contributed by atoms with E-state index in [-0.39, 0.29) is 75.2 Å². The Morgan fingerprint density at radius 1 is 0.347 bits per heavy atom. The van der Waals surface area contributed by atoms with Crippen molar-refractivity contribution in [1.82, 2.24) is 29.9 Å². The molecule has 742 valence electrons. The van der Waals surface area contributed by atoms with E-state index < -0.39 is 30.9 Å². The van der Waals surface area contributed by atoms with E-state index in [0.717, 1.165) is 90.5 Å². The first-order chi connectivity index (χ1) is 68.5. The van der Waals surface area contributed by atoms with Crippen LogP contribution in [0.1, 0.15) is 184 Å². The molecule has 0 unspecified atom stereocenters. The van der Waals surface area contributed by atoms with Gasteiger partial charge in [-0.15, -0.1) is 0 Å². The smallest absolute Gasteiger partial charge is 0.336 e. The van der Waals surface area contributed by atoms with Gasteiger partial charge in [0.15, 0.2) is 28.9 Å². The van der Waals surface area contributed by atoms with Gasteiger partial charge in [0.25, 0.3) is 28.0 Å². The number of nitrogens with two attached hydrogens (primary N) is 2. The van der Waals surface area contributed by atoms with Crippen molar-refractivity contribution < 1.29 is 67.9 Å². The quantitative estimate of drug-likeness (QED) is 0.00447. The largest absolute Gasteiger partial charge is 0.478 e. The van der Waals surface area contributed by atoms with Crippen LogP contribution >= 0.6 is 11.6 Å². The molecule has 0 atom stereocenters. The third-order valence-electron chi connectivity index (χ3n) is 21.9. The maximum atomic E-state index is 12.2. The minimum atomic E-state index is -1.15. The lowest BCUT2D eigenvalue weighted by Gasteiger charge is -2.19. The van der Waals surface area contributed by atoms with Crippen LogP contribution in [0.3, 0.4) is 0 Å². The molecule has 0 radical (unpaired) electrons. The zero-order chi connectivity index (χ0) is 106. The van der Waals surface area contributed by atoms with Crippen LogP contribution in [-0.2, 0) is 11.2 Å². The summed E-state index contributed by atoms with van der Waals surface area (Å²) in [6.07, 6.45) is 7.45. The fourth-order valence-electron chi connectivity index (χ4n) is 13.5. The molecule has 14 rings (SSSR count). The summed E-state index contributed by atoms with van der Waals surface area (Å²) in [5.41, 5.74) is 27.3. The second-order valence-corrected chi connectivity index (χ2v) is 32.5. The van der Waals surface area contributed by atoms with Gasteiger partial charge in [-0.05, 0) is 232 Å². The van der Waals surface area contributed by atoms with Crippen molar-refractivity contribution in [3.8, 4) is 5.75 Å². The Kier molecular flexibility index (Phi) is 41.5. The lowest BCUT2D eigenvalue weighted by Crippen LogP contribution is -2.13. The normalized spacial score (nSPS) is 10.2. The molecule has 144 heavy (non-hydrogen) atoms. The van der Waals surface area contributed by atoms with E-state index >= 15 is 0 Å². The number of ketones is 5. The second kappa shape index (κ2) is 53.7. The number of hydrogen-bond donors (Lipinski definition) is 6. The Morgan fingerprint density at radius 2 is 0.625 bits per heavy atom. The molecule has 0 bridgehead atoms.